The normalized spacial score (nSPS) is 13.9. The summed E-state index contributed by atoms with van der Waals surface area (Å²) < 4.78 is 44.8. The summed E-state index contributed by atoms with van der Waals surface area (Å²) in [5.74, 6) is 2.43. The van der Waals surface area contributed by atoms with Crippen molar-refractivity contribution >= 4 is 46.1 Å². The molecule has 0 radical (unpaired) electrons. The zero-order chi connectivity index (χ0) is 43.7. The molecule has 8 aromatic carbocycles. The summed E-state index contributed by atoms with van der Waals surface area (Å²) in [5, 5.41) is 4.17. The zero-order valence-electron chi connectivity index (χ0n) is 35.9. The number of hydrogen-bond donors (Lipinski definition) is 0. The van der Waals surface area contributed by atoms with Crippen LogP contribution in [0.1, 0.15) is 22.3 Å². The van der Waals surface area contributed by atoms with Crippen molar-refractivity contribution < 1.29 is 18.6 Å². The predicted octanol–water partition coefficient (Wildman–Crippen LogP) is 12.5. The second-order valence-corrected chi connectivity index (χ2v) is 22.4. The molecule has 0 amide bonds. The molecule has 3 heterocycles. The molecule has 2 aliphatic heterocycles. The van der Waals surface area contributed by atoms with Gasteiger partial charge in [0.15, 0.2) is 14.3 Å². The first-order valence-electron chi connectivity index (χ1n) is 21.5. The third-order valence-electron chi connectivity index (χ3n) is 12.4. The quantitative estimate of drug-likeness (QED) is 0.156. The lowest BCUT2D eigenvalue weighted by molar-refractivity contribution is 0.484. The summed E-state index contributed by atoms with van der Waals surface area (Å²) in [6.45, 7) is 8.07. The molecule has 5 nitrogen and oxygen atoms in total. The molecule has 0 aliphatic carbocycles. The van der Waals surface area contributed by atoms with Gasteiger partial charge in [0.25, 0.3) is 0 Å². The lowest BCUT2D eigenvalue weighted by Gasteiger charge is -2.30. The van der Waals surface area contributed by atoms with Crippen molar-refractivity contribution in [1.82, 2.24) is 4.98 Å². The van der Waals surface area contributed by atoms with E-state index in [-0.39, 0.29) is 0 Å². The number of hydrogen-bond acceptors (Lipinski definition) is 5. The standard InChI is InChI=1S/C57H43NO4P2/c1-36-16-24-50-54(28-36)63(59,55-29-37(2)17-25-51(55)61-50)46-14-8-12-43(32-46)48-34-45(42-22-20-41(21-23-42)40-10-6-5-7-11-40)35-49(58-48)44-13-9-15-47(33-44)64(60)56-30-38(3)18-26-52(56)62-53-27-19-39(4)31-57(53)64/h5-35H,1-4H3. The van der Waals surface area contributed by atoms with Crippen LogP contribution < -0.4 is 41.3 Å². The van der Waals surface area contributed by atoms with E-state index in [1.54, 1.807) is 0 Å². The topological polar surface area (TPSA) is 65.5 Å². The molecule has 2 aliphatic rings. The molecule has 1 aromatic heterocycles. The molecule has 0 saturated heterocycles. The van der Waals surface area contributed by atoms with Crippen molar-refractivity contribution in [3.8, 4) is 67.8 Å². The summed E-state index contributed by atoms with van der Waals surface area (Å²) in [7, 11) is -6.81. The van der Waals surface area contributed by atoms with Crippen LogP contribution in [0.4, 0.5) is 0 Å². The largest absolute Gasteiger partial charge is 0.456 e. The first-order valence-corrected chi connectivity index (χ1v) is 24.9. The minimum absolute atomic E-state index is 0.607. The first kappa shape index (κ1) is 39.8. The lowest BCUT2D eigenvalue weighted by Crippen LogP contribution is -2.31. The molecule has 310 valence electrons. The van der Waals surface area contributed by atoms with E-state index in [0.717, 1.165) is 67.0 Å². The van der Waals surface area contributed by atoms with Gasteiger partial charge in [0.05, 0.1) is 32.6 Å². The van der Waals surface area contributed by atoms with Crippen molar-refractivity contribution in [2.75, 3.05) is 0 Å². The highest BCUT2D eigenvalue weighted by molar-refractivity contribution is 7.86. The van der Waals surface area contributed by atoms with E-state index in [0.29, 0.717) is 54.8 Å². The van der Waals surface area contributed by atoms with E-state index in [9.17, 15) is 0 Å². The second-order valence-electron chi connectivity index (χ2n) is 17.0. The summed E-state index contributed by atoms with van der Waals surface area (Å²) in [6.07, 6.45) is 0. The van der Waals surface area contributed by atoms with E-state index in [2.05, 4.69) is 60.7 Å². The smallest absolute Gasteiger partial charge is 0.178 e. The molecule has 0 saturated carbocycles. The Morgan fingerprint density at radius 3 is 1.06 bits per heavy atom. The van der Waals surface area contributed by atoms with Gasteiger partial charge in [-0.15, -0.1) is 0 Å². The number of aromatic nitrogens is 1. The molecule has 0 N–H and O–H groups in total. The zero-order valence-corrected chi connectivity index (χ0v) is 37.7. The molecule has 9 aromatic rings. The average molecular weight is 868 g/mol. The molecule has 0 fully saturated rings. The third-order valence-corrected chi connectivity index (χ3v) is 18.5. The van der Waals surface area contributed by atoms with Gasteiger partial charge in [-0.2, -0.15) is 0 Å². The Labute approximate surface area is 373 Å². The minimum atomic E-state index is -3.41. The third kappa shape index (κ3) is 6.67. The Kier molecular flexibility index (Phi) is 9.54. The Hall–Kier alpha value is -7.03. The van der Waals surface area contributed by atoms with Crippen LogP contribution in [0.3, 0.4) is 0 Å². The monoisotopic (exact) mass is 867 g/mol. The minimum Gasteiger partial charge on any atom is -0.456 e. The number of fused-ring (bicyclic) bond motifs is 4. The fourth-order valence-corrected chi connectivity index (χ4v) is 15.2. The van der Waals surface area contributed by atoms with Crippen LogP contribution in [0.15, 0.2) is 188 Å². The van der Waals surface area contributed by atoms with Crippen LogP contribution in [0.25, 0.3) is 44.8 Å². The van der Waals surface area contributed by atoms with Crippen LogP contribution in [-0.4, -0.2) is 4.98 Å². The van der Waals surface area contributed by atoms with Gasteiger partial charge < -0.3 is 18.6 Å². The molecular weight excluding hydrogens is 825 g/mol. The maximum Gasteiger partial charge on any atom is 0.178 e. The molecule has 7 heteroatoms. The molecule has 0 spiro atoms. The molecule has 64 heavy (non-hydrogen) atoms. The average Bonchev–Trinajstić information content (AvgIpc) is 3.33. The van der Waals surface area contributed by atoms with Crippen molar-refractivity contribution in [2.24, 2.45) is 0 Å². The van der Waals surface area contributed by atoms with Gasteiger partial charge in [0.2, 0.25) is 0 Å². The second kappa shape index (κ2) is 15.3. The molecule has 0 atom stereocenters. The van der Waals surface area contributed by atoms with Gasteiger partial charge in [-0.05, 0) is 123 Å². The Balaban J connectivity index is 1.09. The number of aryl methyl sites for hydroxylation is 4. The fourth-order valence-electron chi connectivity index (χ4n) is 9.09. The summed E-state index contributed by atoms with van der Waals surface area (Å²) in [5.41, 5.74) is 11.4. The lowest BCUT2D eigenvalue weighted by atomic mass is 9.97. The first-order chi connectivity index (χ1) is 31.0. The van der Waals surface area contributed by atoms with E-state index < -0.39 is 14.3 Å². The maximum atomic E-state index is 16.0. The van der Waals surface area contributed by atoms with Crippen LogP contribution in [0, 0.1) is 27.7 Å². The summed E-state index contributed by atoms with van der Waals surface area (Å²) in [6, 6.07) is 62.9. The van der Waals surface area contributed by atoms with Crippen LogP contribution in [-0.2, 0) is 9.13 Å². The van der Waals surface area contributed by atoms with Crippen molar-refractivity contribution in [3.63, 3.8) is 0 Å². The van der Waals surface area contributed by atoms with Gasteiger partial charge in [-0.3, -0.25) is 0 Å². The van der Waals surface area contributed by atoms with E-state index >= 15 is 9.13 Å². The van der Waals surface area contributed by atoms with Gasteiger partial charge >= 0.3 is 0 Å². The highest BCUT2D eigenvalue weighted by Crippen LogP contribution is 2.54. The van der Waals surface area contributed by atoms with Crippen LogP contribution in [0.5, 0.6) is 23.0 Å². The maximum absolute atomic E-state index is 16.0. The Bertz CT molecular complexity index is 3150. The molecule has 0 bridgehead atoms. The molecule has 11 rings (SSSR count). The van der Waals surface area contributed by atoms with Crippen LogP contribution >= 0.6 is 14.3 Å². The predicted molar refractivity (Wildman–Crippen MR) is 264 cm³/mol. The van der Waals surface area contributed by atoms with E-state index in [1.165, 1.54) is 0 Å². The number of pyridine rings is 1. The van der Waals surface area contributed by atoms with Crippen molar-refractivity contribution in [2.45, 2.75) is 27.7 Å². The summed E-state index contributed by atoms with van der Waals surface area (Å²) >= 11 is 0. The summed E-state index contributed by atoms with van der Waals surface area (Å²) in [4.78, 5) is 5.39. The van der Waals surface area contributed by atoms with Gasteiger partial charge in [-0.25, -0.2) is 4.98 Å². The Morgan fingerprint density at radius 1 is 0.328 bits per heavy atom. The number of benzene rings is 8. The molecule has 0 unspecified atom stereocenters. The molecular formula is C57H43NO4P2. The van der Waals surface area contributed by atoms with E-state index in [1.807, 2.05) is 155 Å². The SMILES string of the molecule is Cc1ccc2c(c1)P(=O)(c1cccc(-c3cc(-c4ccc(-c5ccccc5)cc4)cc(-c4cccc(P5(=O)c6cc(C)ccc6Oc6ccc(C)cc65)c4)n3)c1)c1cc(C)ccc1O2. The van der Waals surface area contributed by atoms with Gasteiger partial charge in [0.1, 0.15) is 23.0 Å². The van der Waals surface area contributed by atoms with Gasteiger partial charge in [-0.1, -0.05) is 138 Å². The van der Waals surface area contributed by atoms with Crippen molar-refractivity contribution in [3.05, 3.63) is 210 Å². The highest BCUT2D eigenvalue weighted by Gasteiger charge is 2.41. The Morgan fingerprint density at radius 2 is 0.672 bits per heavy atom. The highest BCUT2D eigenvalue weighted by atomic mass is 31.2. The van der Waals surface area contributed by atoms with Gasteiger partial charge in [0, 0.05) is 21.7 Å². The van der Waals surface area contributed by atoms with Crippen molar-refractivity contribution in [1.29, 1.82) is 0 Å². The number of ether oxygens (including phenoxy) is 2. The number of rotatable bonds is 6. The number of nitrogens with zero attached hydrogens (tertiary/aromatic N) is 1. The van der Waals surface area contributed by atoms with E-state index in [4.69, 9.17) is 14.5 Å². The fraction of sp³-hybridized carbons (Fsp3) is 0.0702. The van der Waals surface area contributed by atoms with Crippen LogP contribution in [0.2, 0.25) is 0 Å².